The summed E-state index contributed by atoms with van der Waals surface area (Å²) in [7, 11) is 0. The number of nitrogens with one attached hydrogen (secondary N) is 1. The van der Waals surface area contributed by atoms with Gasteiger partial charge in [0.2, 0.25) is 0 Å². The minimum atomic E-state index is -0.490. The zero-order chi connectivity index (χ0) is 21.4. The number of ether oxygens (including phenoxy) is 3. The third-order valence-electron chi connectivity index (χ3n) is 4.46. The molecule has 0 atom stereocenters. The van der Waals surface area contributed by atoms with Gasteiger partial charge < -0.3 is 24.4 Å². The lowest BCUT2D eigenvalue weighted by Crippen LogP contribution is -2.44. The molecule has 1 fully saturated rings. The summed E-state index contributed by atoms with van der Waals surface area (Å²) in [4.78, 5) is 22.5. The van der Waals surface area contributed by atoms with Crippen molar-refractivity contribution in [2.75, 3.05) is 31.6 Å². The van der Waals surface area contributed by atoms with Gasteiger partial charge in [-0.2, -0.15) is 0 Å². The van der Waals surface area contributed by atoms with Gasteiger partial charge in [-0.05, 0) is 47.5 Å². The molecule has 0 aliphatic carbocycles. The Labute approximate surface area is 178 Å². The van der Waals surface area contributed by atoms with Gasteiger partial charge in [0.05, 0.1) is 0 Å². The molecule has 0 spiro atoms. The molecule has 8 nitrogen and oxygen atoms in total. The molecule has 1 N–H and O–H groups in total. The summed E-state index contributed by atoms with van der Waals surface area (Å²) in [5.41, 5.74) is 0.284. The Bertz CT molecular complexity index is 654. The normalized spacial score (nSPS) is 15.6. The standard InChI is InChI=1S/C20H33ClN4O4/c1-6-27-16(28-7-2)12-15-17(21)22-13-23-18(15)24-14-8-10-25(11-9-14)19(26)29-20(3,4)5/h13-14,16H,6-12H2,1-5H3,(H,22,23,24). The van der Waals surface area contributed by atoms with Crippen molar-refractivity contribution in [2.45, 2.75) is 71.8 Å². The number of rotatable bonds is 8. The second kappa shape index (κ2) is 10.9. The van der Waals surface area contributed by atoms with Crippen molar-refractivity contribution in [3.8, 4) is 0 Å². The van der Waals surface area contributed by atoms with Gasteiger partial charge in [0.25, 0.3) is 0 Å². The van der Waals surface area contributed by atoms with Crippen LogP contribution in [0.5, 0.6) is 0 Å². The highest BCUT2D eigenvalue weighted by Crippen LogP contribution is 2.25. The number of amides is 1. The fraction of sp³-hybridized carbons (Fsp3) is 0.750. The Balaban J connectivity index is 1.99. The first-order valence-electron chi connectivity index (χ1n) is 10.2. The molecule has 1 aromatic rings. The monoisotopic (exact) mass is 428 g/mol. The Morgan fingerprint density at radius 3 is 2.41 bits per heavy atom. The average Bonchev–Trinajstić information content (AvgIpc) is 2.64. The van der Waals surface area contributed by atoms with Gasteiger partial charge in [0.1, 0.15) is 22.9 Å². The Morgan fingerprint density at radius 1 is 1.24 bits per heavy atom. The predicted octanol–water partition coefficient (Wildman–Crippen LogP) is 3.88. The zero-order valence-electron chi connectivity index (χ0n) is 18.0. The largest absolute Gasteiger partial charge is 0.444 e. The number of carbonyl (C=O) groups is 1. The molecular weight excluding hydrogens is 396 g/mol. The molecule has 9 heteroatoms. The maximum Gasteiger partial charge on any atom is 0.410 e. The van der Waals surface area contributed by atoms with E-state index in [1.165, 1.54) is 6.33 Å². The van der Waals surface area contributed by atoms with Crippen LogP contribution in [0.4, 0.5) is 10.6 Å². The number of hydrogen-bond acceptors (Lipinski definition) is 7. The summed E-state index contributed by atoms with van der Waals surface area (Å²) in [6, 6.07) is 0.177. The van der Waals surface area contributed by atoms with Crippen LogP contribution in [0.3, 0.4) is 0 Å². The van der Waals surface area contributed by atoms with E-state index < -0.39 is 11.9 Å². The number of hydrogen-bond donors (Lipinski definition) is 1. The number of nitrogens with zero attached hydrogens (tertiary/aromatic N) is 3. The summed E-state index contributed by atoms with van der Waals surface area (Å²) in [5.74, 6) is 0.685. The number of likely N-dealkylation sites (tertiary alicyclic amines) is 1. The lowest BCUT2D eigenvalue weighted by Gasteiger charge is -2.34. The van der Waals surface area contributed by atoms with Crippen LogP contribution in [-0.4, -0.2) is 65.2 Å². The number of piperidine rings is 1. The molecule has 1 aliphatic heterocycles. The van der Waals surface area contributed by atoms with E-state index in [1.807, 2.05) is 34.6 Å². The third kappa shape index (κ3) is 7.60. The summed E-state index contributed by atoms with van der Waals surface area (Å²) in [6.07, 6.45) is 2.82. The SMILES string of the molecule is CCOC(Cc1c(Cl)ncnc1NC1CCN(C(=O)OC(C)(C)C)CC1)OCC. The molecule has 1 amide bonds. The van der Waals surface area contributed by atoms with E-state index >= 15 is 0 Å². The average molecular weight is 429 g/mol. The van der Waals surface area contributed by atoms with Gasteiger partial charge in [-0.1, -0.05) is 11.6 Å². The highest BCUT2D eigenvalue weighted by molar-refractivity contribution is 6.30. The Hall–Kier alpha value is -1.64. The Kier molecular flexibility index (Phi) is 8.92. The molecule has 2 rings (SSSR count). The highest BCUT2D eigenvalue weighted by Gasteiger charge is 2.28. The van der Waals surface area contributed by atoms with Crippen LogP contribution in [0.1, 0.15) is 53.0 Å². The lowest BCUT2D eigenvalue weighted by atomic mass is 10.0. The number of halogens is 1. The van der Waals surface area contributed by atoms with Crippen LogP contribution >= 0.6 is 11.6 Å². The van der Waals surface area contributed by atoms with Gasteiger partial charge in [-0.25, -0.2) is 14.8 Å². The van der Waals surface area contributed by atoms with Crippen molar-refractivity contribution in [3.63, 3.8) is 0 Å². The zero-order valence-corrected chi connectivity index (χ0v) is 18.8. The molecule has 1 aromatic heterocycles. The number of aromatic nitrogens is 2. The van der Waals surface area contributed by atoms with E-state index in [0.29, 0.717) is 43.7 Å². The van der Waals surface area contributed by atoms with Crippen LogP contribution in [0.2, 0.25) is 5.15 Å². The van der Waals surface area contributed by atoms with Crippen molar-refractivity contribution < 1.29 is 19.0 Å². The van der Waals surface area contributed by atoms with Crippen molar-refractivity contribution in [1.82, 2.24) is 14.9 Å². The van der Waals surface area contributed by atoms with Gasteiger partial charge in [0.15, 0.2) is 6.29 Å². The number of anilines is 1. The van der Waals surface area contributed by atoms with Crippen LogP contribution in [-0.2, 0) is 20.6 Å². The first kappa shape index (κ1) is 23.6. The van der Waals surface area contributed by atoms with Crippen molar-refractivity contribution in [3.05, 3.63) is 17.0 Å². The highest BCUT2D eigenvalue weighted by atomic mass is 35.5. The minimum Gasteiger partial charge on any atom is -0.444 e. The smallest absolute Gasteiger partial charge is 0.410 e. The fourth-order valence-corrected chi connectivity index (χ4v) is 3.34. The maximum atomic E-state index is 12.2. The molecule has 2 heterocycles. The van der Waals surface area contributed by atoms with Gasteiger partial charge in [-0.15, -0.1) is 0 Å². The predicted molar refractivity (Wildman–Crippen MR) is 112 cm³/mol. The van der Waals surface area contributed by atoms with Gasteiger partial charge in [0, 0.05) is 44.3 Å². The molecule has 0 saturated carbocycles. The van der Waals surface area contributed by atoms with Crippen LogP contribution in [0, 0.1) is 0 Å². The van der Waals surface area contributed by atoms with Crippen molar-refractivity contribution in [1.29, 1.82) is 0 Å². The topological polar surface area (TPSA) is 85.8 Å². The molecule has 164 valence electrons. The first-order chi connectivity index (χ1) is 13.7. The van der Waals surface area contributed by atoms with E-state index in [2.05, 4.69) is 15.3 Å². The second-order valence-corrected chi connectivity index (χ2v) is 8.28. The molecule has 0 unspecified atom stereocenters. The van der Waals surface area contributed by atoms with Crippen LogP contribution < -0.4 is 5.32 Å². The molecule has 29 heavy (non-hydrogen) atoms. The van der Waals surface area contributed by atoms with E-state index in [9.17, 15) is 4.79 Å². The van der Waals surface area contributed by atoms with E-state index in [4.69, 9.17) is 25.8 Å². The summed E-state index contributed by atoms with van der Waals surface area (Å²) in [6.45, 7) is 11.8. The van der Waals surface area contributed by atoms with Gasteiger partial charge in [-0.3, -0.25) is 0 Å². The summed E-state index contributed by atoms with van der Waals surface area (Å²) >= 11 is 6.35. The quantitative estimate of drug-likeness (QED) is 0.496. The molecule has 1 aliphatic rings. The first-order valence-corrected chi connectivity index (χ1v) is 10.6. The molecule has 1 saturated heterocycles. The van der Waals surface area contributed by atoms with Crippen LogP contribution in [0.25, 0.3) is 0 Å². The van der Waals surface area contributed by atoms with Gasteiger partial charge >= 0.3 is 6.09 Å². The molecule has 0 aromatic carbocycles. The second-order valence-electron chi connectivity index (χ2n) is 7.92. The molecule has 0 radical (unpaired) electrons. The molecular formula is C20H33ClN4O4. The maximum absolute atomic E-state index is 12.2. The molecule has 0 bridgehead atoms. The Morgan fingerprint density at radius 2 is 1.86 bits per heavy atom. The van der Waals surface area contributed by atoms with Crippen molar-refractivity contribution in [2.24, 2.45) is 0 Å². The van der Waals surface area contributed by atoms with Crippen molar-refractivity contribution >= 4 is 23.5 Å². The van der Waals surface area contributed by atoms with Crippen LogP contribution in [0.15, 0.2) is 6.33 Å². The summed E-state index contributed by atoms with van der Waals surface area (Å²) in [5, 5.41) is 3.85. The van der Waals surface area contributed by atoms with E-state index in [-0.39, 0.29) is 12.1 Å². The minimum absolute atomic E-state index is 0.177. The fourth-order valence-electron chi connectivity index (χ4n) is 3.13. The third-order valence-corrected chi connectivity index (χ3v) is 4.78. The number of carbonyl (C=O) groups excluding carboxylic acids is 1. The summed E-state index contributed by atoms with van der Waals surface area (Å²) < 4.78 is 16.7. The van der Waals surface area contributed by atoms with E-state index in [0.717, 1.165) is 18.4 Å². The van der Waals surface area contributed by atoms with E-state index in [1.54, 1.807) is 4.90 Å². The lowest BCUT2D eigenvalue weighted by molar-refractivity contribution is -0.134.